The number of hydrogen-bond acceptors (Lipinski definition) is 5. The molecule has 1 rings (SSSR count). The Hall–Kier alpha value is -1.14. The lowest BCUT2D eigenvalue weighted by atomic mass is 9.45. The molecule has 0 aromatic heterocycles. The van der Waals surface area contributed by atoms with Crippen LogP contribution < -0.4 is 0 Å². The Bertz CT molecular complexity index is 386. The molecule has 102 valence electrons. The van der Waals surface area contributed by atoms with Crippen LogP contribution in [0.5, 0.6) is 0 Å². The van der Waals surface area contributed by atoms with Gasteiger partial charge in [-0.15, -0.1) is 0 Å². The quantitative estimate of drug-likeness (QED) is 0.742. The first-order valence-electron chi connectivity index (χ1n) is 5.72. The van der Waals surface area contributed by atoms with Crippen LogP contribution in [0.2, 0.25) is 5.31 Å². The normalized spacial score (nSPS) is 26.6. The van der Waals surface area contributed by atoms with Crippen LogP contribution in [0.1, 0.15) is 20.8 Å². The van der Waals surface area contributed by atoms with E-state index >= 15 is 0 Å². The Morgan fingerprint density at radius 3 is 1.89 bits per heavy atom. The summed E-state index contributed by atoms with van der Waals surface area (Å²) in [6.07, 6.45) is 1.67. The maximum atomic E-state index is 9.69. The minimum atomic E-state index is -1.54. The second kappa shape index (κ2) is 4.86. The van der Waals surface area contributed by atoms with E-state index in [2.05, 4.69) is 0 Å². The fourth-order valence-electron chi connectivity index (χ4n) is 2.25. The summed E-state index contributed by atoms with van der Waals surface area (Å²) in [5.41, 5.74) is -0.650. The molecule has 1 unspecified atom stereocenters. The Kier molecular flexibility index (Phi) is 4.03. The van der Waals surface area contributed by atoms with Gasteiger partial charge in [-0.25, -0.2) is 0 Å². The highest BCUT2D eigenvalue weighted by molar-refractivity contribution is 6.46. The van der Waals surface area contributed by atoms with Gasteiger partial charge in [0.15, 0.2) is 11.5 Å². The molecular weight excluding hydrogens is 235 g/mol. The highest BCUT2D eigenvalue weighted by atomic mass is 16.5. The topological polar surface area (TPSA) is 68.2 Å². The van der Waals surface area contributed by atoms with Crippen LogP contribution in [0.25, 0.3) is 0 Å². The molecular formula is C12H21BO5. The Morgan fingerprint density at radius 2 is 1.56 bits per heavy atom. The van der Waals surface area contributed by atoms with Crippen molar-refractivity contribution < 1.29 is 24.3 Å². The third kappa shape index (κ3) is 1.89. The third-order valence-electron chi connectivity index (χ3n) is 3.94. The summed E-state index contributed by atoms with van der Waals surface area (Å²) in [7, 11) is 3.01. The van der Waals surface area contributed by atoms with Crippen LogP contribution in [-0.4, -0.2) is 38.5 Å². The predicted octanol–water partition coefficient (Wildman–Crippen LogP) is 1.29. The predicted molar refractivity (Wildman–Crippen MR) is 68.5 cm³/mol. The van der Waals surface area contributed by atoms with Gasteiger partial charge in [-0.2, -0.15) is 0 Å². The van der Waals surface area contributed by atoms with Gasteiger partial charge in [0.2, 0.25) is 0 Å². The molecule has 0 saturated heterocycles. The van der Waals surface area contributed by atoms with Crippen LogP contribution in [-0.2, 0) is 14.2 Å². The van der Waals surface area contributed by atoms with E-state index in [1.165, 1.54) is 21.3 Å². The fourth-order valence-corrected chi connectivity index (χ4v) is 2.25. The molecule has 1 aliphatic rings. The highest BCUT2D eigenvalue weighted by Crippen LogP contribution is 2.57. The minimum Gasteiger partial charge on any atom is -0.497 e. The van der Waals surface area contributed by atoms with Gasteiger partial charge in [-0.3, -0.25) is 0 Å². The zero-order valence-electron chi connectivity index (χ0n) is 11.8. The SMILES string of the molecule is COC1=CC(C)(B(O)O)C(C)(C)C(OC)=C1OC. The molecule has 1 aliphatic carbocycles. The highest BCUT2D eigenvalue weighted by Gasteiger charge is 2.55. The average molecular weight is 256 g/mol. The van der Waals surface area contributed by atoms with Crippen molar-refractivity contribution in [2.24, 2.45) is 5.41 Å². The van der Waals surface area contributed by atoms with Crippen molar-refractivity contribution in [2.45, 2.75) is 26.1 Å². The number of rotatable bonds is 4. The van der Waals surface area contributed by atoms with Crippen LogP contribution >= 0.6 is 0 Å². The Labute approximate surface area is 108 Å². The third-order valence-corrected chi connectivity index (χ3v) is 3.94. The molecule has 1 atom stereocenters. The molecule has 2 N–H and O–H groups in total. The molecule has 18 heavy (non-hydrogen) atoms. The zero-order valence-corrected chi connectivity index (χ0v) is 11.8. The fraction of sp³-hybridized carbons (Fsp3) is 0.667. The van der Waals surface area contributed by atoms with Gasteiger partial charge in [0.1, 0.15) is 5.76 Å². The van der Waals surface area contributed by atoms with Gasteiger partial charge in [0.05, 0.1) is 21.3 Å². The molecule has 0 radical (unpaired) electrons. The summed E-state index contributed by atoms with van der Waals surface area (Å²) in [5, 5.41) is 18.4. The van der Waals surface area contributed by atoms with Gasteiger partial charge in [-0.05, 0) is 6.08 Å². The maximum Gasteiger partial charge on any atom is 0.463 e. The first-order chi connectivity index (χ1) is 8.26. The monoisotopic (exact) mass is 256 g/mol. The summed E-state index contributed by atoms with van der Waals surface area (Å²) < 4.78 is 15.9. The summed E-state index contributed by atoms with van der Waals surface area (Å²) >= 11 is 0. The lowest BCUT2D eigenvalue weighted by Crippen LogP contribution is -2.45. The van der Waals surface area contributed by atoms with Crippen molar-refractivity contribution in [3.8, 4) is 0 Å². The standard InChI is InChI=1S/C12H21BO5/c1-11(2)10(18-6)9(17-5)8(16-4)7-12(11,3)13(14)15/h7,14-15H,1-6H3. The number of ether oxygens (including phenoxy) is 3. The molecule has 0 spiro atoms. The van der Waals surface area contributed by atoms with E-state index in [-0.39, 0.29) is 0 Å². The second-order valence-corrected chi connectivity index (χ2v) is 5.06. The van der Waals surface area contributed by atoms with Crippen molar-refractivity contribution in [3.63, 3.8) is 0 Å². The van der Waals surface area contributed by atoms with Gasteiger partial charge in [-0.1, -0.05) is 20.8 Å². The molecule has 0 amide bonds. The number of methoxy groups -OCH3 is 3. The first kappa shape index (κ1) is 14.9. The van der Waals surface area contributed by atoms with Crippen LogP contribution in [0.3, 0.4) is 0 Å². The Morgan fingerprint density at radius 1 is 1.00 bits per heavy atom. The van der Waals surface area contributed by atoms with Crippen molar-refractivity contribution >= 4 is 7.12 Å². The average Bonchev–Trinajstić information content (AvgIpc) is 2.31. The summed E-state index contributed by atoms with van der Waals surface area (Å²) in [5.74, 6) is 1.44. The van der Waals surface area contributed by atoms with E-state index < -0.39 is 17.8 Å². The molecule has 6 heteroatoms. The maximum absolute atomic E-state index is 9.69. The van der Waals surface area contributed by atoms with Crippen molar-refractivity contribution in [2.75, 3.05) is 21.3 Å². The van der Waals surface area contributed by atoms with Gasteiger partial charge < -0.3 is 24.3 Å². The van der Waals surface area contributed by atoms with E-state index in [1.807, 2.05) is 13.8 Å². The Balaban J connectivity index is 3.50. The number of hydrogen-bond donors (Lipinski definition) is 2. The van der Waals surface area contributed by atoms with E-state index in [0.29, 0.717) is 17.3 Å². The van der Waals surface area contributed by atoms with Crippen LogP contribution in [0.15, 0.2) is 23.4 Å². The summed E-state index contributed by atoms with van der Waals surface area (Å²) in [6.45, 7) is 5.47. The molecule has 0 fully saturated rings. The number of allylic oxidation sites excluding steroid dienone is 2. The van der Waals surface area contributed by atoms with Gasteiger partial charge >= 0.3 is 7.12 Å². The van der Waals surface area contributed by atoms with Gasteiger partial charge in [0.25, 0.3) is 0 Å². The van der Waals surface area contributed by atoms with Crippen LogP contribution in [0, 0.1) is 5.41 Å². The summed E-state index contributed by atoms with van der Waals surface area (Å²) in [6, 6.07) is 0. The summed E-state index contributed by atoms with van der Waals surface area (Å²) in [4.78, 5) is 0. The zero-order chi connectivity index (χ0) is 14.1. The van der Waals surface area contributed by atoms with Crippen molar-refractivity contribution in [1.29, 1.82) is 0 Å². The van der Waals surface area contributed by atoms with E-state index in [9.17, 15) is 10.0 Å². The molecule has 0 saturated carbocycles. The molecule has 0 aliphatic heterocycles. The van der Waals surface area contributed by atoms with E-state index in [1.54, 1.807) is 13.0 Å². The molecule has 0 heterocycles. The molecule has 5 nitrogen and oxygen atoms in total. The smallest absolute Gasteiger partial charge is 0.463 e. The lowest BCUT2D eigenvalue weighted by Gasteiger charge is -2.45. The van der Waals surface area contributed by atoms with E-state index in [4.69, 9.17) is 14.2 Å². The van der Waals surface area contributed by atoms with Crippen molar-refractivity contribution in [3.05, 3.63) is 23.4 Å². The van der Waals surface area contributed by atoms with Gasteiger partial charge in [0, 0.05) is 10.7 Å². The largest absolute Gasteiger partial charge is 0.497 e. The van der Waals surface area contributed by atoms with Crippen molar-refractivity contribution in [1.82, 2.24) is 0 Å². The first-order valence-corrected chi connectivity index (χ1v) is 5.72. The van der Waals surface area contributed by atoms with E-state index in [0.717, 1.165) is 0 Å². The minimum absolute atomic E-state index is 0.435. The lowest BCUT2D eigenvalue weighted by molar-refractivity contribution is 0.101. The molecule has 0 aromatic rings. The second-order valence-electron chi connectivity index (χ2n) is 5.06. The molecule has 0 aromatic carbocycles. The molecule has 0 bridgehead atoms. The van der Waals surface area contributed by atoms with Crippen LogP contribution in [0.4, 0.5) is 0 Å².